The molecule has 9 heteroatoms. The highest BCUT2D eigenvalue weighted by molar-refractivity contribution is 9.10. The number of halogens is 2. The van der Waals surface area contributed by atoms with Crippen LogP contribution < -0.4 is 16.2 Å². The van der Waals surface area contributed by atoms with Crippen molar-refractivity contribution < 1.29 is 9.59 Å². The van der Waals surface area contributed by atoms with Gasteiger partial charge in [0, 0.05) is 28.1 Å². The Morgan fingerprint density at radius 1 is 1.07 bits per heavy atom. The summed E-state index contributed by atoms with van der Waals surface area (Å²) in [7, 11) is 0. The molecule has 0 spiro atoms. The van der Waals surface area contributed by atoms with Crippen molar-refractivity contribution in [3.63, 3.8) is 0 Å². The maximum atomic E-state index is 12.5. The number of carbonyl (C=O) groups excluding carboxylic acids is 2. The van der Waals surface area contributed by atoms with Crippen molar-refractivity contribution >= 4 is 50.2 Å². The van der Waals surface area contributed by atoms with Crippen LogP contribution in [-0.4, -0.2) is 34.5 Å². The largest absolute Gasteiger partial charge is 0.353 e. The number of benzene rings is 2. The van der Waals surface area contributed by atoms with Crippen LogP contribution in [0.2, 0.25) is 5.02 Å². The zero-order chi connectivity index (χ0) is 20.1. The fraction of sp³-hybridized carbons (Fsp3) is 0.158. The van der Waals surface area contributed by atoms with E-state index in [-0.39, 0.29) is 37.0 Å². The minimum Gasteiger partial charge on any atom is -0.353 e. The van der Waals surface area contributed by atoms with Gasteiger partial charge in [-0.15, -0.1) is 0 Å². The van der Waals surface area contributed by atoms with E-state index >= 15 is 0 Å². The van der Waals surface area contributed by atoms with Crippen LogP contribution in [0.3, 0.4) is 0 Å². The lowest BCUT2D eigenvalue weighted by molar-refractivity contribution is -0.121. The maximum Gasteiger partial charge on any atom is 0.261 e. The van der Waals surface area contributed by atoms with Gasteiger partial charge in [0.1, 0.15) is 6.54 Å². The summed E-state index contributed by atoms with van der Waals surface area (Å²) in [5, 5.41) is 6.34. The van der Waals surface area contributed by atoms with Crippen LogP contribution in [0.1, 0.15) is 10.4 Å². The van der Waals surface area contributed by atoms with Crippen molar-refractivity contribution in [3.8, 4) is 0 Å². The first-order valence-electron chi connectivity index (χ1n) is 8.39. The summed E-state index contributed by atoms with van der Waals surface area (Å²) in [5.41, 5.74) is 0.753. The van der Waals surface area contributed by atoms with Gasteiger partial charge in [-0.05, 0) is 42.5 Å². The van der Waals surface area contributed by atoms with E-state index in [1.54, 1.807) is 42.5 Å². The van der Waals surface area contributed by atoms with Crippen LogP contribution in [-0.2, 0) is 11.3 Å². The summed E-state index contributed by atoms with van der Waals surface area (Å²) in [5.74, 6) is -0.606. The highest BCUT2D eigenvalue weighted by Gasteiger charge is 2.09. The smallest absolute Gasteiger partial charge is 0.261 e. The Hall–Kier alpha value is -2.71. The van der Waals surface area contributed by atoms with Crippen LogP contribution in [0, 0.1) is 0 Å². The molecule has 0 bridgehead atoms. The normalized spacial score (nSPS) is 10.6. The van der Waals surface area contributed by atoms with Gasteiger partial charge >= 0.3 is 0 Å². The molecular formula is C19H16BrClN4O3. The first-order valence-corrected chi connectivity index (χ1v) is 9.56. The second-order valence-corrected chi connectivity index (χ2v) is 7.30. The zero-order valence-electron chi connectivity index (χ0n) is 14.6. The molecule has 0 saturated carbocycles. The lowest BCUT2D eigenvalue weighted by Gasteiger charge is -2.09. The SMILES string of the molecule is O=C(Cn1cnc2ccc(Br)cc2c1=O)NCCNC(=O)c1ccc(Cl)cc1. The molecule has 0 aliphatic rings. The number of nitrogens with one attached hydrogen (secondary N) is 2. The monoisotopic (exact) mass is 462 g/mol. The number of fused-ring (bicyclic) bond motifs is 1. The van der Waals surface area contributed by atoms with Crippen LogP contribution in [0.15, 0.2) is 58.1 Å². The van der Waals surface area contributed by atoms with Gasteiger partial charge in [-0.25, -0.2) is 4.98 Å². The molecule has 7 nitrogen and oxygen atoms in total. The van der Waals surface area contributed by atoms with E-state index in [1.807, 2.05) is 0 Å². The molecule has 3 rings (SSSR count). The lowest BCUT2D eigenvalue weighted by atomic mass is 10.2. The Kier molecular flexibility index (Phi) is 6.43. The summed E-state index contributed by atoms with van der Waals surface area (Å²) < 4.78 is 2.01. The van der Waals surface area contributed by atoms with Gasteiger partial charge in [-0.2, -0.15) is 0 Å². The minimum absolute atomic E-state index is 0.153. The van der Waals surface area contributed by atoms with E-state index in [2.05, 4.69) is 31.5 Å². The van der Waals surface area contributed by atoms with E-state index < -0.39 is 0 Å². The average molecular weight is 464 g/mol. The molecule has 3 aromatic rings. The fourth-order valence-corrected chi connectivity index (χ4v) is 3.02. The summed E-state index contributed by atoms with van der Waals surface area (Å²) in [6, 6.07) is 11.7. The number of aromatic nitrogens is 2. The third-order valence-electron chi connectivity index (χ3n) is 3.94. The molecule has 0 unspecified atom stereocenters. The Bertz CT molecular complexity index is 1080. The minimum atomic E-state index is -0.348. The molecule has 0 fully saturated rings. The number of nitrogens with zero attached hydrogens (tertiary/aromatic N) is 2. The van der Waals surface area contributed by atoms with E-state index in [9.17, 15) is 14.4 Å². The number of carbonyl (C=O) groups is 2. The van der Waals surface area contributed by atoms with Crippen molar-refractivity contribution in [3.05, 3.63) is 74.2 Å². The van der Waals surface area contributed by atoms with Gasteiger partial charge in [0.15, 0.2) is 0 Å². The molecular weight excluding hydrogens is 448 g/mol. The number of hydrogen-bond donors (Lipinski definition) is 2. The van der Waals surface area contributed by atoms with Gasteiger partial charge < -0.3 is 10.6 Å². The van der Waals surface area contributed by atoms with E-state index in [0.717, 1.165) is 4.47 Å². The topological polar surface area (TPSA) is 93.1 Å². The molecule has 28 heavy (non-hydrogen) atoms. The Morgan fingerprint density at radius 3 is 2.54 bits per heavy atom. The standard InChI is InChI=1S/C19H16BrClN4O3/c20-13-3-6-16-15(9-13)19(28)25(11-24-16)10-17(26)22-7-8-23-18(27)12-1-4-14(21)5-2-12/h1-6,9,11H,7-8,10H2,(H,22,26)(H,23,27). The molecule has 2 N–H and O–H groups in total. The zero-order valence-corrected chi connectivity index (χ0v) is 17.0. The molecule has 0 radical (unpaired) electrons. The molecule has 0 atom stereocenters. The molecule has 2 amide bonds. The predicted molar refractivity (Wildman–Crippen MR) is 110 cm³/mol. The fourth-order valence-electron chi connectivity index (χ4n) is 2.54. The number of hydrogen-bond acceptors (Lipinski definition) is 4. The first kappa shape index (κ1) is 20.0. The third kappa shape index (κ3) is 4.96. The van der Waals surface area contributed by atoms with Crippen LogP contribution in [0.25, 0.3) is 10.9 Å². The van der Waals surface area contributed by atoms with Crippen molar-refractivity contribution in [2.45, 2.75) is 6.54 Å². The second kappa shape index (κ2) is 8.99. The van der Waals surface area contributed by atoms with Gasteiger partial charge in [-0.3, -0.25) is 19.0 Å². The first-order chi connectivity index (χ1) is 13.4. The van der Waals surface area contributed by atoms with Crippen LogP contribution in [0.5, 0.6) is 0 Å². The summed E-state index contributed by atoms with van der Waals surface area (Å²) in [6.07, 6.45) is 1.35. The predicted octanol–water partition coefficient (Wildman–Crippen LogP) is 2.36. The van der Waals surface area contributed by atoms with E-state index in [0.29, 0.717) is 21.5 Å². The summed E-state index contributed by atoms with van der Waals surface area (Å²) >= 11 is 9.11. The van der Waals surface area contributed by atoms with Gasteiger partial charge in [0.2, 0.25) is 5.91 Å². The van der Waals surface area contributed by atoms with Gasteiger partial charge in [0.25, 0.3) is 11.5 Å². The number of amides is 2. The molecule has 2 aromatic carbocycles. The third-order valence-corrected chi connectivity index (χ3v) is 4.68. The molecule has 0 aliphatic heterocycles. The Labute approximate surface area is 173 Å². The van der Waals surface area contributed by atoms with Gasteiger partial charge in [-0.1, -0.05) is 27.5 Å². The summed E-state index contributed by atoms with van der Waals surface area (Å²) in [4.78, 5) is 40.7. The second-order valence-electron chi connectivity index (χ2n) is 5.95. The highest BCUT2D eigenvalue weighted by atomic mass is 79.9. The van der Waals surface area contributed by atoms with E-state index in [1.165, 1.54) is 10.9 Å². The summed E-state index contributed by atoms with van der Waals surface area (Å²) in [6.45, 7) is 0.337. The van der Waals surface area contributed by atoms with Crippen molar-refractivity contribution in [2.75, 3.05) is 13.1 Å². The highest BCUT2D eigenvalue weighted by Crippen LogP contribution is 2.14. The Balaban J connectivity index is 1.51. The van der Waals surface area contributed by atoms with Crippen molar-refractivity contribution in [2.24, 2.45) is 0 Å². The molecule has 0 saturated heterocycles. The molecule has 1 aromatic heterocycles. The molecule has 144 valence electrons. The maximum absolute atomic E-state index is 12.5. The molecule has 0 aliphatic carbocycles. The molecule has 1 heterocycles. The quantitative estimate of drug-likeness (QED) is 0.549. The van der Waals surface area contributed by atoms with Crippen molar-refractivity contribution in [1.29, 1.82) is 0 Å². The number of rotatable bonds is 6. The van der Waals surface area contributed by atoms with Crippen LogP contribution >= 0.6 is 27.5 Å². The van der Waals surface area contributed by atoms with E-state index in [4.69, 9.17) is 11.6 Å². The lowest BCUT2D eigenvalue weighted by Crippen LogP contribution is -2.37. The average Bonchev–Trinajstić information content (AvgIpc) is 2.68. The van der Waals surface area contributed by atoms with Gasteiger partial charge in [0.05, 0.1) is 17.2 Å². The Morgan fingerprint density at radius 2 is 1.79 bits per heavy atom. The van der Waals surface area contributed by atoms with Crippen molar-refractivity contribution in [1.82, 2.24) is 20.2 Å². The van der Waals surface area contributed by atoms with Crippen LogP contribution in [0.4, 0.5) is 0 Å².